The molecule has 2 aliphatic heterocycles. The lowest BCUT2D eigenvalue weighted by atomic mass is 9.87. The number of hydrogen-bond donors (Lipinski definition) is 3. The van der Waals surface area contributed by atoms with Gasteiger partial charge < -0.3 is 15.4 Å². The average Bonchev–Trinajstić information content (AvgIpc) is 2.80. The maximum atomic E-state index is 13.2. The molecule has 1 fully saturated rings. The van der Waals surface area contributed by atoms with Crippen molar-refractivity contribution in [2.45, 2.75) is 77.1 Å². The summed E-state index contributed by atoms with van der Waals surface area (Å²) in [6.07, 6.45) is 2.60. The molecule has 1 saturated heterocycles. The lowest BCUT2D eigenvalue weighted by Gasteiger charge is -2.42. The van der Waals surface area contributed by atoms with E-state index in [2.05, 4.69) is 10.6 Å². The first-order chi connectivity index (χ1) is 16.1. The highest BCUT2D eigenvalue weighted by Gasteiger charge is 2.39. The number of guanidine groups is 1. The fraction of sp³-hybridized carbons (Fsp3) is 0.444. The molecule has 3 N–H and O–H groups in total. The fourth-order valence-electron chi connectivity index (χ4n) is 4.88. The van der Waals surface area contributed by atoms with E-state index in [1.807, 2.05) is 64.1 Å². The Kier molecular flexibility index (Phi) is 6.39. The molecule has 180 valence electrons. The molecule has 2 amide bonds. The second-order valence-corrected chi connectivity index (χ2v) is 9.95. The summed E-state index contributed by atoms with van der Waals surface area (Å²) in [4.78, 5) is 27.5. The lowest BCUT2D eigenvalue weighted by molar-refractivity contribution is -0.131. The molecule has 0 aliphatic carbocycles. The van der Waals surface area contributed by atoms with Gasteiger partial charge in [-0.05, 0) is 50.5 Å². The number of hydrogen-bond acceptors (Lipinski definition) is 4. The summed E-state index contributed by atoms with van der Waals surface area (Å²) in [7, 11) is 0. The summed E-state index contributed by atoms with van der Waals surface area (Å²) >= 11 is 0. The Bertz CT molecular complexity index is 1090. The molecule has 0 saturated carbocycles. The van der Waals surface area contributed by atoms with E-state index < -0.39 is 0 Å². The highest BCUT2D eigenvalue weighted by molar-refractivity contribution is 5.99. The molecular weight excluding hydrogens is 428 g/mol. The van der Waals surface area contributed by atoms with Crippen LogP contribution in [0.5, 0.6) is 5.75 Å². The van der Waals surface area contributed by atoms with E-state index in [1.54, 1.807) is 12.1 Å². The van der Waals surface area contributed by atoms with Crippen molar-refractivity contribution in [1.29, 1.82) is 5.41 Å². The Morgan fingerprint density at radius 2 is 1.91 bits per heavy atom. The van der Waals surface area contributed by atoms with Crippen LogP contribution in [0.2, 0.25) is 0 Å². The van der Waals surface area contributed by atoms with E-state index in [0.29, 0.717) is 18.4 Å². The van der Waals surface area contributed by atoms with E-state index >= 15 is 0 Å². The van der Waals surface area contributed by atoms with Crippen LogP contribution < -0.4 is 15.4 Å². The van der Waals surface area contributed by atoms with E-state index in [9.17, 15) is 9.59 Å². The molecule has 1 atom stereocenters. The third-order valence-corrected chi connectivity index (χ3v) is 7.01. The molecule has 2 aromatic carbocycles. The Hall–Kier alpha value is -3.35. The van der Waals surface area contributed by atoms with Crippen LogP contribution in [0.4, 0.5) is 0 Å². The van der Waals surface area contributed by atoms with Crippen LogP contribution in [0.1, 0.15) is 80.9 Å². The van der Waals surface area contributed by atoms with Gasteiger partial charge in [-0.25, -0.2) is 0 Å². The van der Waals surface area contributed by atoms with Crippen molar-refractivity contribution in [1.82, 2.24) is 15.5 Å². The number of rotatable bonds is 6. The van der Waals surface area contributed by atoms with Gasteiger partial charge in [0.05, 0.1) is 19.0 Å². The minimum atomic E-state index is -0.387. The number of para-hydroxylation sites is 1. The normalized spacial score (nSPS) is 20.7. The number of ether oxygens (including phenoxy) is 1. The molecular formula is C27H34N4O3. The standard InChI is InChI=1S/C27H34N4O3/c1-5-27(6-2)16-23(32)31(25(28)30-27)17-18-10-9-11-19(14-18)24(33)29-21-15-26(3,4)34-22-13-8-7-12-20(21)22/h7-14,21H,5-6,15-17H2,1-4H3,(H2,28,30)(H,29,33). The maximum Gasteiger partial charge on any atom is 0.251 e. The Morgan fingerprint density at radius 1 is 1.18 bits per heavy atom. The van der Waals surface area contributed by atoms with Gasteiger partial charge in [0, 0.05) is 23.1 Å². The molecule has 4 rings (SSSR count). The van der Waals surface area contributed by atoms with Gasteiger partial charge in [0.1, 0.15) is 11.4 Å². The van der Waals surface area contributed by atoms with Crippen LogP contribution in [0.25, 0.3) is 0 Å². The van der Waals surface area contributed by atoms with Crippen LogP contribution in [-0.4, -0.2) is 33.8 Å². The highest BCUT2D eigenvalue weighted by Crippen LogP contribution is 2.39. The SMILES string of the molecule is CCC1(CC)CC(=O)N(Cc2cccc(C(=O)NC3CC(C)(C)Oc4ccccc43)c2)C(=N)N1. The van der Waals surface area contributed by atoms with Gasteiger partial charge in [-0.15, -0.1) is 0 Å². The summed E-state index contributed by atoms with van der Waals surface area (Å²) in [5.74, 6) is 0.676. The van der Waals surface area contributed by atoms with E-state index in [4.69, 9.17) is 10.1 Å². The van der Waals surface area contributed by atoms with Gasteiger partial charge in [-0.3, -0.25) is 19.9 Å². The van der Waals surface area contributed by atoms with E-state index in [-0.39, 0.29) is 41.5 Å². The zero-order valence-electron chi connectivity index (χ0n) is 20.4. The number of carbonyl (C=O) groups is 2. The maximum absolute atomic E-state index is 13.2. The smallest absolute Gasteiger partial charge is 0.251 e. The van der Waals surface area contributed by atoms with Gasteiger partial charge >= 0.3 is 0 Å². The second-order valence-electron chi connectivity index (χ2n) is 9.95. The van der Waals surface area contributed by atoms with Crippen molar-refractivity contribution in [3.63, 3.8) is 0 Å². The molecule has 0 aromatic heterocycles. The topological polar surface area (TPSA) is 94.5 Å². The Labute approximate surface area is 201 Å². The van der Waals surface area contributed by atoms with Gasteiger partial charge in [0.2, 0.25) is 5.91 Å². The van der Waals surface area contributed by atoms with Gasteiger partial charge in [0.15, 0.2) is 5.96 Å². The quantitative estimate of drug-likeness (QED) is 0.588. The van der Waals surface area contributed by atoms with E-state index in [1.165, 1.54) is 4.90 Å². The number of nitrogens with one attached hydrogen (secondary N) is 3. The van der Waals surface area contributed by atoms with E-state index in [0.717, 1.165) is 29.7 Å². The first-order valence-electron chi connectivity index (χ1n) is 12.0. The van der Waals surface area contributed by atoms with Crippen molar-refractivity contribution in [2.75, 3.05) is 0 Å². The average molecular weight is 463 g/mol. The number of fused-ring (bicyclic) bond motifs is 1. The van der Waals surface area contributed by atoms with Gasteiger partial charge in [-0.2, -0.15) is 0 Å². The summed E-state index contributed by atoms with van der Waals surface area (Å²) in [6, 6.07) is 14.9. The zero-order valence-corrected chi connectivity index (χ0v) is 20.4. The molecule has 0 radical (unpaired) electrons. The van der Waals surface area contributed by atoms with Crippen molar-refractivity contribution in [3.8, 4) is 5.75 Å². The predicted octanol–water partition coefficient (Wildman–Crippen LogP) is 4.53. The molecule has 7 heteroatoms. The van der Waals surface area contributed by atoms with Crippen LogP contribution in [0, 0.1) is 5.41 Å². The summed E-state index contributed by atoms with van der Waals surface area (Å²) in [6.45, 7) is 8.36. The van der Waals surface area contributed by atoms with Crippen LogP contribution in [-0.2, 0) is 11.3 Å². The molecule has 2 heterocycles. The molecule has 0 spiro atoms. The summed E-state index contributed by atoms with van der Waals surface area (Å²) in [5, 5.41) is 14.8. The second kappa shape index (κ2) is 9.12. The van der Waals surface area contributed by atoms with Crippen LogP contribution in [0.15, 0.2) is 48.5 Å². The highest BCUT2D eigenvalue weighted by atomic mass is 16.5. The Balaban J connectivity index is 1.49. The Morgan fingerprint density at radius 3 is 2.62 bits per heavy atom. The molecule has 1 unspecified atom stereocenters. The van der Waals surface area contributed by atoms with Crippen molar-refractivity contribution in [3.05, 3.63) is 65.2 Å². The predicted molar refractivity (Wildman–Crippen MR) is 132 cm³/mol. The summed E-state index contributed by atoms with van der Waals surface area (Å²) in [5.41, 5.74) is 1.57. The van der Waals surface area contributed by atoms with Crippen LogP contribution >= 0.6 is 0 Å². The zero-order chi connectivity index (χ0) is 24.5. The molecule has 2 aliphatic rings. The van der Waals surface area contributed by atoms with Crippen molar-refractivity contribution in [2.24, 2.45) is 0 Å². The molecule has 2 aromatic rings. The monoisotopic (exact) mass is 462 g/mol. The largest absolute Gasteiger partial charge is 0.487 e. The van der Waals surface area contributed by atoms with Crippen molar-refractivity contribution < 1.29 is 14.3 Å². The minimum absolute atomic E-state index is 0.0663. The van der Waals surface area contributed by atoms with Crippen molar-refractivity contribution >= 4 is 17.8 Å². The van der Waals surface area contributed by atoms with Crippen LogP contribution in [0.3, 0.4) is 0 Å². The number of nitrogens with zero attached hydrogens (tertiary/aromatic N) is 1. The molecule has 34 heavy (non-hydrogen) atoms. The van der Waals surface area contributed by atoms with Gasteiger partial charge in [-0.1, -0.05) is 44.2 Å². The third-order valence-electron chi connectivity index (χ3n) is 7.01. The fourth-order valence-corrected chi connectivity index (χ4v) is 4.88. The number of carbonyl (C=O) groups excluding carboxylic acids is 2. The molecule has 0 bridgehead atoms. The van der Waals surface area contributed by atoms with Gasteiger partial charge in [0.25, 0.3) is 5.91 Å². The first-order valence-corrected chi connectivity index (χ1v) is 12.0. The lowest BCUT2D eigenvalue weighted by Crippen LogP contribution is -2.61. The molecule has 7 nitrogen and oxygen atoms in total. The summed E-state index contributed by atoms with van der Waals surface area (Å²) < 4.78 is 6.08. The third kappa shape index (κ3) is 4.79. The number of benzene rings is 2. The minimum Gasteiger partial charge on any atom is -0.487 e. The first kappa shape index (κ1) is 23.8. The number of amides is 2.